The summed E-state index contributed by atoms with van der Waals surface area (Å²) in [6, 6.07) is 5.45. The highest BCUT2D eigenvalue weighted by atomic mass is 16.4. The van der Waals surface area contributed by atoms with Gasteiger partial charge in [0.15, 0.2) is 0 Å². The fraction of sp³-hybridized carbons (Fsp3) is 0.562. The van der Waals surface area contributed by atoms with Gasteiger partial charge < -0.3 is 15.3 Å². The number of anilines is 1. The van der Waals surface area contributed by atoms with Gasteiger partial charge in [0.2, 0.25) is 0 Å². The molecule has 1 saturated heterocycles. The molecule has 1 aliphatic rings. The van der Waals surface area contributed by atoms with Crippen molar-refractivity contribution in [2.45, 2.75) is 26.7 Å². The number of carbonyl (C=O) groups is 1. The molecule has 110 valence electrons. The first-order valence-corrected chi connectivity index (χ1v) is 7.16. The molecule has 1 aliphatic heterocycles. The highest BCUT2D eigenvalue weighted by Crippen LogP contribution is 2.30. The fourth-order valence-electron chi connectivity index (χ4n) is 2.66. The third kappa shape index (κ3) is 3.51. The van der Waals surface area contributed by atoms with E-state index in [0.717, 1.165) is 30.9 Å². The zero-order chi connectivity index (χ0) is 14.8. The topological polar surface area (TPSA) is 52.6 Å². The summed E-state index contributed by atoms with van der Waals surface area (Å²) in [6.45, 7) is 7.40. The molecule has 4 nitrogen and oxygen atoms in total. The first-order chi connectivity index (χ1) is 9.39. The Labute approximate surface area is 120 Å². The number of aryl methyl sites for hydroxylation is 1. The van der Waals surface area contributed by atoms with Crippen LogP contribution in [0.15, 0.2) is 18.2 Å². The van der Waals surface area contributed by atoms with Gasteiger partial charge in [0, 0.05) is 12.2 Å². The first kappa shape index (κ1) is 14.9. The van der Waals surface area contributed by atoms with Gasteiger partial charge in [-0.15, -0.1) is 0 Å². The molecule has 1 aromatic carbocycles. The van der Waals surface area contributed by atoms with Gasteiger partial charge in [-0.1, -0.05) is 6.92 Å². The Morgan fingerprint density at radius 1 is 1.40 bits per heavy atom. The predicted octanol–water partition coefficient (Wildman–Crippen LogP) is 2.84. The fourth-order valence-corrected chi connectivity index (χ4v) is 2.66. The minimum Gasteiger partial charge on any atom is -0.478 e. The number of benzene rings is 1. The molecule has 0 saturated carbocycles. The summed E-state index contributed by atoms with van der Waals surface area (Å²) < 4.78 is 0. The van der Waals surface area contributed by atoms with Gasteiger partial charge in [0.1, 0.15) is 0 Å². The number of hydrogen-bond acceptors (Lipinski definition) is 3. The van der Waals surface area contributed by atoms with Crippen molar-refractivity contribution in [1.82, 2.24) is 4.90 Å². The van der Waals surface area contributed by atoms with E-state index in [0.29, 0.717) is 11.0 Å². The Balaban J connectivity index is 1.97. The molecule has 1 heterocycles. The zero-order valence-electron chi connectivity index (χ0n) is 12.6. The van der Waals surface area contributed by atoms with Crippen molar-refractivity contribution >= 4 is 11.7 Å². The molecule has 0 atom stereocenters. The minimum atomic E-state index is -0.865. The van der Waals surface area contributed by atoms with Gasteiger partial charge in [0.05, 0.1) is 5.56 Å². The van der Waals surface area contributed by atoms with Crippen molar-refractivity contribution in [2.75, 3.05) is 32.0 Å². The Morgan fingerprint density at radius 3 is 2.60 bits per heavy atom. The van der Waals surface area contributed by atoms with Crippen LogP contribution in [0.1, 0.15) is 35.7 Å². The SMILES string of the molecule is Cc1cc(NCC2(C)CCN(C)CC2)ccc1C(=O)O. The van der Waals surface area contributed by atoms with Crippen molar-refractivity contribution in [3.63, 3.8) is 0 Å². The summed E-state index contributed by atoms with van der Waals surface area (Å²) in [5, 5.41) is 12.5. The summed E-state index contributed by atoms with van der Waals surface area (Å²) in [5.74, 6) is -0.865. The number of carboxylic acids is 1. The smallest absolute Gasteiger partial charge is 0.335 e. The molecular weight excluding hydrogens is 252 g/mol. The third-order valence-electron chi connectivity index (χ3n) is 4.37. The van der Waals surface area contributed by atoms with E-state index in [1.165, 1.54) is 12.8 Å². The number of carboxylic acid groups (broad SMARTS) is 1. The van der Waals surface area contributed by atoms with E-state index >= 15 is 0 Å². The van der Waals surface area contributed by atoms with Crippen LogP contribution in [0.25, 0.3) is 0 Å². The standard InChI is InChI=1S/C16H24N2O2/c1-12-10-13(4-5-14(12)15(19)20)17-11-16(2)6-8-18(3)9-7-16/h4-5,10,17H,6-9,11H2,1-3H3,(H,19,20). The van der Waals surface area contributed by atoms with Gasteiger partial charge in [0.25, 0.3) is 0 Å². The highest BCUT2D eigenvalue weighted by Gasteiger charge is 2.28. The summed E-state index contributed by atoms with van der Waals surface area (Å²) in [5.41, 5.74) is 2.51. The van der Waals surface area contributed by atoms with Crippen LogP contribution in [0, 0.1) is 12.3 Å². The quantitative estimate of drug-likeness (QED) is 0.888. The average Bonchev–Trinajstić information content (AvgIpc) is 2.40. The first-order valence-electron chi connectivity index (χ1n) is 7.16. The molecule has 0 aliphatic carbocycles. The number of nitrogens with zero attached hydrogens (tertiary/aromatic N) is 1. The Bertz CT molecular complexity index is 491. The molecule has 1 fully saturated rings. The predicted molar refractivity (Wildman–Crippen MR) is 81.5 cm³/mol. The lowest BCUT2D eigenvalue weighted by molar-refractivity contribution is 0.0696. The van der Waals surface area contributed by atoms with Gasteiger partial charge in [-0.3, -0.25) is 0 Å². The van der Waals surface area contributed by atoms with E-state index in [1.54, 1.807) is 6.07 Å². The number of likely N-dealkylation sites (tertiary alicyclic amines) is 1. The van der Waals surface area contributed by atoms with Crippen molar-refractivity contribution in [3.8, 4) is 0 Å². The molecule has 0 unspecified atom stereocenters. The van der Waals surface area contributed by atoms with Crippen LogP contribution in [0.3, 0.4) is 0 Å². The van der Waals surface area contributed by atoms with Gasteiger partial charge >= 0.3 is 5.97 Å². The van der Waals surface area contributed by atoms with Crippen molar-refractivity contribution in [1.29, 1.82) is 0 Å². The van der Waals surface area contributed by atoms with E-state index in [9.17, 15) is 4.79 Å². The van der Waals surface area contributed by atoms with Crippen LogP contribution in [0.5, 0.6) is 0 Å². The summed E-state index contributed by atoms with van der Waals surface area (Å²) >= 11 is 0. The summed E-state index contributed by atoms with van der Waals surface area (Å²) in [7, 11) is 2.17. The molecule has 4 heteroatoms. The maximum atomic E-state index is 11.0. The van der Waals surface area contributed by atoms with Crippen LogP contribution in [-0.4, -0.2) is 42.7 Å². The normalized spacial score (nSPS) is 18.8. The van der Waals surface area contributed by atoms with Crippen molar-refractivity contribution in [3.05, 3.63) is 29.3 Å². The van der Waals surface area contributed by atoms with E-state index < -0.39 is 5.97 Å². The zero-order valence-corrected chi connectivity index (χ0v) is 12.6. The van der Waals surface area contributed by atoms with Gasteiger partial charge in [-0.25, -0.2) is 4.79 Å². The number of piperidine rings is 1. The number of nitrogens with one attached hydrogen (secondary N) is 1. The van der Waals surface area contributed by atoms with Gasteiger partial charge in [-0.2, -0.15) is 0 Å². The number of rotatable bonds is 4. The molecule has 0 bridgehead atoms. The van der Waals surface area contributed by atoms with E-state index in [4.69, 9.17) is 5.11 Å². The lowest BCUT2D eigenvalue weighted by atomic mass is 9.80. The van der Waals surface area contributed by atoms with E-state index in [1.807, 2.05) is 19.1 Å². The van der Waals surface area contributed by atoms with Crippen LogP contribution in [-0.2, 0) is 0 Å². The molecule has 0 aromatic heterocycles. The second-order valence-corrected chi connectivity index (χ2v) is 6.30. The van der Waals surface area contributed by atoms with Crippen LogP contribution >= 0.6 is 0 Å². The maximum absolute atomic E-state index is 11.0. The van der Waals surface area contributed by atoms with Crippen LogP contribution in [0.4, 0.5) is 5.69 Å². The lowest BCUT2D eigenvalue weighted by Gasteiger charge is -2.38. The third-order valence-corrected chi connectivity index (χ3v) is 4.37. The number of aromatic carboxylic acids is 1. The molecule has 0 radical (unpaired) electrons. The van der Waals surface area contributed by atoms with Crippen LogP contribution < -0.4 is 5.32 Å². The Morgan fingerprint density at radius 2 is 2.05 bits per heavy atom. The minimum absolute atomic E-state index is 0.325. The van der Waals surface area contributed by atoms with Crippen LogP contribution in [0.2, 0.25) is 0 Å². The molecular formula is C16H24N2O2. The molecule has 0 amide bonds. The van der Waals surface area contributed by atoms with E-state index in [-0.39, 0.29) is 0 Å². The Kier molecular flexibility index (Phi) is 4.33. The van der Waals surface area contributed by atoms with Gasteiger partial charge in [-0.05, 0) is 69.1 Å². The average molecular weight is 276 g/mol. The monoisotopic (exact) mass is 276 g/mol. The second kappa shape index (κ2) is 5.83. The largest absolute Gasteiger partial charge is 0.478 e. The molecule has 2 rings (SSSR count). The molecule has 20 heavy (non-hydrogen) atoms. The molecule has 0 spiro atoms. The maximum Gasteiger partial charge on any atom is 0.335 e. The Hall–Kier alpha value is -1.55. The molecule has 1 aromatic rings. The van der Waals surface area contributed by atoms with Crippen molar-refractivity contribution < 1.29 is 9.90 Å². The molecule has 2 N–H and O–H groups in total. The lowest BCUT2D eigenvalue weighted by Crippen LogP contribution is -2.40. The van der Waals surface area contributed by atoms with Crippen molar-refractivity contribution in [2.24, 2.45) is 5.41 Å². The van der Waals surface area contributed by atoms with E-state index in [2.05, 4.69) is 24.2 Å². The second-order valence-electron chi connectivity index (χ2n) is 6.30. The summed E-state index contributed by atoms with van der Waals surface area (Å²) in [4.78, 5) is 13.4. The number of hydrogen-bond donors (Lipinski definition) is 2. The highest BCUT2D eigenvalue weighted by molar-refractivity contribution is 5.89. The summed E-state index contributed by atoms with van der Waals surface area (Å²) in [6.07, 6.45) is 2.39.